The predicted molar refractivity (Wildman–Crippen MR) is 72.0 cm³/mol. The maximum Gasteiger partial charge on any atom is 0.251 e. The monoisotopic (exact) mass is 248 g/mol. The molecule has 1 aliphatic rings. The fourth-order valence-corrected chi connectivity index (χ4v) is 2.27. The van der Waals surface area contributed by atoms with Gasteiger partial charge in [0.05, 0.1) is 6.10 Å². The molecule has 0 saturated heterocycles. The van der Waals surface area contributed by atoms with Gasteiger partial charge in [-0.1, -0.05) is 6.07 Å². The second-order valence-electron chi connectivity index (χ2n) is 4.73. The van der Waals surface area contributed by atoms with Gasteiger partial charge in [-0.15, -0.1) is 0 Å². The van der Waals surface area contributed by atoms with Crippen molar-refractivity contribution in [2.45, 2.75) is 31.9 Å². The topological polar surface area (TPSA) is 50.4 Å². The molecule has 1 fully saturated rings. The SMILES string of the molecule is CNC(=O)c1cccc(NC2CC(OC)C2)c1C. The van der Waals surface area contributed by atoms with Gasteiger partial charge in [-0.3, -0.25) is 4.79 Å². The first kappa shape index (κ1) is 12.9. The fraction of sp³-hybridized carbons (Fsp3) is 0.500. The van der Waals surface area contributed by atoms with Crippen LogP contribution in [0.3, 0.4) is 0 Å². The largest absolute Gasteiger partial charge is 0.382 e. The van der Waals surface area contributed by atoms with E-state index in [1.54, 1.807) is 14.2 Å². The normalized spacial score (nSPS) is 22.2. The van der Waals surface area contributed by atoms with E-state index in [4.69, 9.17) is 4.74 Å². The van der Waals surface area contributed by atoms with Crippen LogP contribution in [0.2, 0.25) is 0 Å². The van der Waals surface area contributed by atoms with Crippen LogP contribution in [-0.2, 0) is 4.74 Å². The Labute approximate surface area is 108 Å². The summed E-state index contributed by atoms with van der Waals surface area (Å²) in [4.78, 5) is 11.7. The Morgan fingerprint density at radius 2 is 2.11 bits per heavy atom. The number of carbonyl (C=O) groups excluding carboxylic acids is 1. The van der Waals surface area contributed by atoms with E-state index in [1.807, 2.05) is 25.1 Å². The van der Waals surface area contributed by atoms with Gasteiger partial charge in [-0.25, -0.2) is 0 Å². The molecule has 98 valence electrons. The molecule has 0 atom stereocenters. The number of ether oxygens (including phenoxy) is 1. The third kappa shape index (κ3) is 2.48. The van der Waals surface area contributed by atoms with Gasteiger partial charge in [0.15, 0.2) is 0 Å². The molecule has 0 heterocycles. The quantitative estimate of drug-likeness (QED) is 0.856. The highest BCUT2D eigenvalue weighted by Gasteiger charge is 2.29. The molecule has 0 aliphatic heterocycles. The summed E-state index contributed by atoms with van der Waals surface area (Å²) in [6.45, 7) is 1.97. The van der Waals surface area contributed by atoms with Gasteiger partial charge in [-0.2, -0.15) is 0 Å². The second-order valence-corrected chi connectivity index (χ2v) is 4.73. The highest BCUT2D eigenvalue weighted by atomic mass is 16.5. The van der Waals surface area contributed by atoms with Crippen LogP contribution in [0.1, 0.15) is 28.8 Å². The number of amides is 1. The molecule has 0 spiro atoms. The molecule has 1 amide bonds. The molecular weight excluding hydrogens is 228 g/mol. The maximum atomic E-state index is 11.7. The van der Waals surface area contributed by atoms with Crippen molar-refractivity contribution < 1.29 is 9.53 Å². The molecule has 1 saturated carbocycles. The van der Waals surface area contributed by atoms with E-state index in [0.717, 1.165) is 29.7 Å². The van der Waals surface area contributed by atoms with Crippen molar-refractivity contribution in [3.8, 4) is 0 Å². The van der Waals surface area contributed by atoms with E-state index in [1.165, 1.54) is 0 Å². The average Bonchev–Trinajstić information content (AvgIpc) is 2.34. The highest BCUT2D eigenvalue weighted by molar-refractivity contribution is 5.96. The Morgan fingerprint density at radius 1 is 1.39 bits per heavy atom. The summed E-state index contributed by atoms with van der Waals surface area (Å²) in [5, 5.41) is 6.13. The van der Waals surface area contributed by atoms with Gasteiger partial charge in [0.1, 0.15) is 0 Å². The lowest BCUT2D eigenvalue weighted by molar-refractivity contribution is 0.0328. The van der Waals surface area contributed by atoms with Crippen molar-refractivity contribution in [2.24, 2.45) is 0 Å². The lowest BCUT2D eigenvalue weighted by Crippen LogP contribution is -2.40. The summed E-state index contributed by atoms with van der Waals surface area (Å²) in [6.07, 6.45) is 2.44. The minimum absolute atomic E-state index is 0.0421. The molecule has 4 heteroatoms. The first-order valence-electron chi connectivity index (χ1n) is 6.26. The van der Waals surface area contributed by atoms with E-state index in [0.29, 0.717) is 12.1 Å². The van der Waals surface area contributed by atoms with Crippen molar-refractivity contribution in [1.29, 1.82) is 0 Å². The van der Waals surface area contributed by atoms with E-state index in [9.17, 15) is 4.79 Å². The fourth-order valence-electron chi connectivity index (χ4n) is 2.27. The van der Waals surface area contributed by atoms with Crippen molar-refractivity contribution in [1.82, 2.24) is 5.32 Å². The number of hydrogen-bond acceptors (Lipinski definition) is 3. The van der Waals surface area contributed by atoms with E-state index in [2.05, 4.69) is 10.6 Å². The number of methoxy groups -OCH3 is 1. The number of nitrogens with one attached hydrogen (secondary N) is 2. The van der Waals surface area contributed by atoms with Crippen LogP contribution >= 0.6 is 0 Å². The predicted octanol–water partition coefficient (Wildman–Crippen LogP) is 1.94. The summed E-state index contributed by atoms with van der Waals surface area (Å²) in [6, 6.07) is 6.22. The lowest BCUT2D eigenvalue weighted by Gasteiger charge is -2.35. The van der Waals surface area contributed by atoms with Crippen molar-refractivity contribution in [2.75, 3.05) is 19.5 Å². The zero-order valence-corrected chi connectivity index (χ0v) is 11.1. The average molecular weight is 248 g/mol. The molecule has 0 aromatic heterocycles. The molecule has 2 N–H and O–H groups in total. The van der Waals surface area contributed by atoms with Crippen LogP contribution in [0.5, 0.6) is 0 Å². The Balaban J connectivity index is 2.07. The zero-order chi connectivity index (χ0) is 13.1. The molecule has 1 aromatic rings. The molecule has 0 radical (unpaired) electrons. The second kappa shape index (κ2) is 5.40. The van der Waals surface area contributed by atoms with E-state index >= 15 is 0 Å². The summed E-state index contributed by atoms with van der Waals surface area (Å²) in [5.74, 6) is -0.0421. The van der Waals surface area contributed by atoms with Gasteiger partial charge in [0.2, 0.25) is 0 Å². The first-order chi connectivity index (χ1) is 8.65. The first-order valence-corrected chi connectivity index (χ1v) is 6.26. The number of anilines is 1. The standard InChI is InChI=1S/C14H20N2O2/c1-9-12(14(17)15-2)5-4-6-13(9)16-10-7-11(8-10)18-3/h4-6,10-11,16H,7-8H2,1-3H3,(H,15,17). The van der Waals surface area contributed by atoms with Gasteiger partial charge in [0.25, 0.3) is 5.91 Å². The van der Waals surface area contributed by atoms with E-state index < -0.39 is 0 Å². The van der Waals surface area contributed by atoms with Crippen LogP contribution in [0.25, 0.3) is 0 Å². The summed E-state index contributed by atoms with van der Waals surface area (Å²) in [5.41, 5.74) is 2.76. The highest BCUT2D eigenvalue weighted by Crippen LogP contribution is 2.28. The van der Waals surface area contributed by atoms with Gasteiger partial charge in [0, 0.05) is 31.5 Å². The van der Waals surface area contributed by atoms with Crippen LogP contribution in [0.4, 0.5) is 5.69 Å². The minimum Gasteiger partial charge on any atom is -0.382 e. The number of carbonyl (C=O) groups is 1. The zero-order valence-electron chi connectivity index (χ0n) is 11.1. The lowest BCUT2D eigenvalue weighted by atomic mass is 9.88. The number of hydrogen-bond donors (Lipinski definition) is 2. The van der Waals surface area contributed by atoms with Gasteiger partial charge in [-0.05, 0) is 37.5 Å². The minimum atomic E-state index is -0.0421. The van der Waals surface area contributed by atoms with Crippen LogP contribution in [0, 0.1) is 6.92 Å². The number of rotatable bonds is 4. The van der Waals surface area contributed by atoms with Gasteiger partial charge >= 0.3 is 0 Å². The molecule has 1 aliphatic carbocycles. The third-order valence-electron chi connectivity index (χ3n) is 3.59. The Kier molecular flexibility index (Phi) is 3.87. The Hall–Kier alpha value is -1.55. The van der Waals surface area contributed by atoms with Crippen molar-refractivity contribution >= 4 is 11.6 Å². The summed E-state index contributed by atoms with van der Waals surface area (Å²) in [7, 11) is 3.40. The van der Waals surface area contributed by atoms with E-state index in [-0.39, 0.29) is 5.91 Å². The van der Waals surface area contributed by atoms with Crippen molar-refractivity contribution in [3.05, 3.63) is 29.3 Å². The maximum absolute atomic E-state index is 11.7. The molecule has 1 aromatic carbocycles. The molecule has 18 heavy (non-hydrogen) atoms. The molecular formula is C14H20N2O2. The Morgan fingerprint density at radius 3 is 2.72 bits per heavy atom. The third-order valence-corrected chi connectivity index (χ3v) is 3.59. The molecule has 0 unspecified atom stereocenters. The van der Waals surface area contributed by atoms with Gasteiger partial charge < -0.3 is 15.4 Å². The molecule has 0 bridgehead atoms. The summed E-state index contributed by atoms with van der Waals surface area (Å²) >= 11 is 0. The van der Waals surface area contributed by atoms with Crippen LogP contribution < -0.4 is 10.6 Å². The number of benzene rings is 1. The smallest absolute Gasteiger partial charge is 0.251 e. The molecule has 4 nitrogen and oxygen atoms in total. The van der Waals surface area contributed by atoms with Crippen molar-refractivity contribution in [3.63, 3.8) is 0 Å². The summed E-state index contributed by atoms with van der Waals surface area (Å²) < 4.78 is 5.26. The molecule has 2 rings (SSSR count). The Bertz CT molecular complexity index is 439. The van der Waals surface area contributed by atoms with Crippen LogP contribution in [-0.4, -0.2) is 32.2 Å². The van der Waals surface area contributed by atoms with Crippen LogP contribution in [0.15, 0.2) is 18.2 Å².